The topological polar surface area (TPSA) is 52.6 Å². The molecule has 1 unspecified atom stereocenters. The first-order chi connectivity index (χ1) is 9.02. The molecule has 0 radical (unpaired) electrons. The highest BCUT2D eigenvalue weighted by atomic mass is 16.4. The number of hydrogen-bond donors (Lipinski definition) is 2. The predicted octanol–water partition coefficient (Wildman–Crippen LogP) is 1.98. The van der Waals surface area contributed by atoms with Crippen LogP contribution < -0.4 is 10.2 Å². The zero-order valence-corrected chi connectivity index (χ0v) is 11.8. The summed E-state index contributed by atoms with van der Waals surface area (Å²) in [6.45, 7) is 8.42. The Hall–Kier alpha value is -1.55. The third-order valence-corrected chi connectivity index (χ3v) is 3.71. The van der Waals surface area contributed by atoms with Gasteiger partial charge >= 0.3 is 5.97 Å². The molecule has 4 heteroatoms. The van der Waals surface area contributed by atoms with Gasteiger partial charge in [0.15, 0.2) is 0 Å². The molecule has 0 aromatic heterocycles. The van der Waals surface area contributed by atoms with Crippen LogP contribution in [0.15, 0.2) is 18.2 Å². The van der Waals surface area contributed by atoms with Crippen molar-refractivity contribution in [3.63, 3.8) is 0 Å². The Labute approximate surface area is 114 Å². The Kier molecular flexibility index (Phi) is 4.10. The molecule has 0 bridgehead atoms. The SMILES string of the molecule is Cc1cccc(C(C)C)c1N1CCNCC1C(=O)O. The second kappa shape index (κ2) is 5.61. The van der Waals surface area contributed by atoms with Gasteiger partial charge in [-0.1, -0.05) is 32.0 Å². The lowest BCUT2D eigenvalue weighted by Gasteiger charge is -2.38. The first kappa shape index (κ1) is 13.9. The fraction of sp³-hybridized carbons (Fsp3) is 0.533. The summed E-state index contributed by atoms with van der Waals surface area (Å²) in [5.41, 5.74) is 3.49. The third kappa shape index (κ3) is 2.73. The zero-order valence-electron chi connectivity index (χ0n) is 11.8. The average molecular weight is 262 g/mol. The van der Waals surface area contributed by atoms with Crippen molar-refractivity contribution in [2.24, 2.45) is 0 Å². The minimum atomic E-state index is -0.759. The molecule has 104 valence electrons. The number of aliphatic carboxylic acids is 1. The minimum absolute atomic E-state index is 0.388. The van der Waals surface area contributed by atoms with E-state index in [0.717, 1.165) is 24.3 Å². The number of carboxylic acids is 1. The van der Waals surface area contributed by atoms with Gasteiger partial charge in [0.05, 0.1) is 0 Å². The number of hydrogen-bond acceptors (Lipinski definition) is 3. The van der Waals surface area contributed by atoms with Gasteiger partial charge in [0.1, 0.15) is 6.04 Å². The largest absolute Gasteiger partial charge is 0.480 e. The summed E-state index contributed by atoms with van der Waals surface area (Å²) in [7, 11) is 0. The van der Waals surface area contributed by atoms with Crippen LogP contribution in [-0.4, -0.2) is 36.8 Å². The number of para-hydroxylation sites is 1. The fourth-order valence-electron chi connectivity index (χ4n) is 2.73. The van der Waals surface area contributed by atoms with Crippen LogP contribution in [0.5, 0.6) is 0 Å². The molecule has 1 heterocycles. The van der Waals surface area contributed by atoms with Gasteiger partial charge in [-0.3, -0.25) is 0 Å². The average Bonchev–Trinajstić information content (AvgIpc) is 2.38. The molecule has 2 rings (SSSR count). The number of nitrogens with one attached hydrogen (secondary N) is 1. The van der Waals surface area contributed by atoms with Crippen LogP contribution in [0, 0.1) is 6.92 Å². The maximum Gasteiger partial charge on any atom is 0.327 e. The minimum Gasteiger partial charge on any atom is -0.480 e. The summed E-state index contributed by atoms with van der Waals surface area (Å²) in [4.78, 5) is 13.5. The fourth-order valence-corrected chi connectivity index (χ4v) is 2.73. The van der Waals surface area contributed by atoms with Crippen LogP contribution >= 0.6 is 0 Å². The van der Waals surface area contributed by atoms with E-state index in [1.807, 2.05) is 11.0 Å². The molecular formula is C15H22N2O2. The second-order valence-corrected chi connectivity index (χ2v) is 5.42. The summed E-state index contributed by atoms with van der Waals surface area (Å²) in [5.74, 6) is -0.371. The first-order valence-electron chi connectivity index (χ1n) is 6.82. The molecule has 0 spiro atoms. The van der Waals surface area contributed by atoms with Gasteiger partial charge in [0.2, 0.25) is 0 Å². The molecule has 0 aliphatic carbocycles. The number of nitrogens with zero attached hydrogens (tertiary/aromatic N) is 1. The third-order valence-electron chi connectivity index (χ3n) is 3.71. The lowest BCUT2D eigenvalue weighted by Crippen LogP contribution is -2.55. The number of rotatable bonds is 3. The van der Waals surface area contributed by atoms with E-state index in [1.54, 1.807) is 0 Å². The van der Waals surface area contributed by atoms with Gasteiger partial charge < -0.3 is 15.3 Å². The highest BCUT2D eigenvalue weighted by Gasteiger charge is 2.30. The Morgan fingerprint density at radius 3 is 2.84 bits per heavy atom. The Morgan fingerprint density at radius 2 is 2.21 bits per heavy atom. The number of piperazine rings is 1. The van der Waals surface area contributed by atoms with Crippen molar-refractivity contribution in [1.82, 2.24) is 5.32 Å². The second-order valence-electron chi connectivity index (χ2n) is 5.42. The highest BCUT2D eigenvalue weighted by molar-refractivity contribution is 5.80. The summed E-state index contributed by atoms with van der Waals surface area (Å²) in [6, 6.07) is 5.73. The molecule has 19 heavy (non-hydrogen) atoms. The lowest BCUT2D eigenvalue weighted by molar-refractivity contribution is -0.138. The summed E-state index contributed by atoms with van der Waals surface area (Å²) < 4.78 is 0. The predicted molar refractivity (Wildman–Crippen MR) is 76.9 cm³/mol. The molecule has 1 atom stereocenters. The number of aryl methyl sites for hydroxylation is 1. The monoisotopic (exact) mass is 262 g/mol. The smallest absolute Gasteiger partial charge is 0.327 e. The van der Waals surface area contributed by atoms with Crippen LogP contribution in [-0.2, 0) is 4.79 Å². The number of carboxylic acid groups (broad SMARTS) is 1. The molecular weight excluding hydrogens is 240 g/mol. The van der Waals surface area contributed by atoms with Gasteiger partial charge in [-0.15, -0.1) is 0 Å². The maximum atomic E-state index is 11.4. The van der Waals surface area contributed by atoms with Crippen molar-refractivity contribution in [2.45, 2.75) is 32.7 Å². The van der Waals surface area contributed by atoms with Gasteiger partial charge in [-0.25, -0.2) is 4.79 Å². The van der Waals surface area contributed by atoms with Crippen molar-refractivity contribution >= 4 is 11.7 Å². The van der Waals surface area contributed by atoms with E-state index in [-0.39, 0.29) is 0 Å². The molecule has 1 aliphatic heterocycles. The molecule has 1 saturated heterocycles. The first-order valence-corrected chi connectivity index (χ1v) is 6.82. The van der Waals surface area contributed by atoms with Crippen molar-refractivity contribution in [1.29, 1.82) is 0 Å². The molecule has 1 aliphatic rings. The molecule has 4 nitrogen and oxygen atoms in total. The van der Waals surface area contributed by atoms with E-state index in [4.69, 9.17) is 0 Å². The molecule has 2 N–H and O–H groups in total. The summed E-state index contributed by atoms with van der Waals surface area (Å²) in [6.07, 6.45) is 0. The highest BCUT2D eigenvalue weighted by Crippen LogP contribution is 2.32. The van der Waals surface area contributed by atoms with Gasteiger partial charge in [-0.2, -0.15) is 0 Å². The van der Waals surface area contributed by atoms with Crippen molar-refractivity contribution in [3.8, 4) is 0 Å². The van der Waals surface area contributed by atoms with Crippen molar-refractivity contribution in [2.75, 3.05) is 24.5 Å². The van der Waals surface area contributed by atoms with E-state index in [0.29, 0.717) is 12.5 Å². The van der Waals surface area contributed by atoms with Crippen molar-refractivity contribution in [3.05, 3.63) is 29.3 Å². The Bertz CT molecular complexity index is 471. The van der Waals surface area contributed by atoms with Crippen LogP contribution in [0.25, 0.3) is 0 Å². The van der Waals surface area contributed by atoms with E-state index >= 15 is 0 Å². The number of benzene rings is 1. The molecule has 0 amide bonds. The van der Waals surface area contributed by atoms with Gasteiger partial charge in [0, 0.05) is 25.3 Å². The van der Waals surface area contributed by atoms with Crippen molar-refractivity contribution < 1.29 is 9.90 Å². The summed E-state index contributed by atoms with van der Waals surface area (Å²) >= 11 is 0. The lowest BCUT2D eigenvalue weighted by atomic mass is 9.96. The maximum absolute atomic E-state index is 11.4. The molecule has 0 saturated carbocycles. The standard InChI is InChI=1S/C15H22N2O2/c1-10(2)12-6-4-5-11(3)14(12)17-8-7-16-9-13(17)15(18)19/h4-6,10,13,16H,7-9H2,1-3H3,(H,18,19). The van der Waals surface area contributed by atoms with E-state index in [1.165, 1.54) is 5.56 Å². The Balaban J connectivity index is 2.46. The quantitative estimate of drug-likeness (QED) is 0.874. The molecule has 1 aromatic rings. The van der Waals surface area contributed by atoms with Crippen LogP contribution in [0.4, 0.5) is 5.69 Å². The van der Waals surface area contributed by atoms with Crippen LogP contribution in [0.2, 0.25) is 0 Å². The normalized spacial score (nSPS) is 19.8. The zero-order chi connectivity index (χ0) is 14.0. The van der Waals surface area contributed by atoms with Gasteiger partial charge in [0.25, 0.3) is 0 Å². The summed E-state index contributed by atoms with van der Waals surface area (Å²) in [5, 5.41) is 12.6. The Morgan fingerprint density at radius 1 is 1.47 bits per heavy atom. The van der Waals surface area contributed by atoms with Gasteiger partial charge in [-0.05, 0) is 24.0 Å². The molecule has 1 aromatic carbocycles. The van der Waals surface area contributed by atoms with E-state index in [9.17, 15) is 9.90 Å². The number of carbonyl (C=O) groups is 1. The molecule has 1 fully saturated rings. The number of anilines is 1. The van der Waals surface area contributed by atoms with Crippen LogP contribution in [0.3, 0.4) is 0 Å². The van der Waals surface area contributed by atoms with E-state index in [2.05, 4.69) is 38.2 Å². The van der Waals surface area contributed by atoms with E-state index < -0.39 is 12.0 Å². The van der Waals surface area contributed by atoms with Crippen LogP contribution in [0.1, 0.15) is 30.9 Å².